The highest BCUT2D eigenvalue weighted by molar-refractivity contribution is 5.99. The summed E-state index contributed by atoms with van der Waals surface area (Å²) in [5, 5.41) is 9.50. The minimum absolute atomic E-state index is 0.0569. The highest BCUT2D eigenvalue weighted by Gasteiger charge is 2.31. The van der Waals surface area contributed by atoms with Gasteiger partial charge >= 0.3 is 0 Å². The molecule has 1 saturated heterocycles. The lowest BCUT2D eigenvalue weighted by Gasteiger charge is -2.26. The van der Waals surface area contributed by atoms with E-state index in [1.807, 2.05) is 4.90 Å². The molecule has 0 aliphatic carbocycles. The van der Waals surface area contributed by atoms with E-state index in [-0.39, 0.29) is 11.9 Å². The number of rotatable bonds is 4. The van der Waals surface area contributed by atoms with Gasteiger partial charge in [0.2, 0.25) is 0 Å². The summed E-state index contributed by atoms with van der Waals surface area (Å²) in [6.07, 6.45) is 5.23. The van der Waals surface area contributed by atoms with Gasteiger partial charge < -0.3 is 15.4 Å². The van der Waals surface area contributed by atoms with E-state index in [9.17, 15) is 9.90 Å². The average molecular weight is 264 g/mol. The lowest BCUT2D eigenvalue weighted by Crippen LogP contribution is -2.37. The van der Waals surface area contributed by atoms with Crippen molar-refractivity contribution >= 4 is 11.6 Å². The van der Waals surface area contributed by atoms with Gasteiger partial charge in [-0.3, -0.25) is 15.6 Å². The van der Waals surface area contributed by atoms with E-state index < -0.39 is 6.10 Å². The third-order valence-electron chi connectivity index (χ3n) is 3.46. The van der Waals surface area contributed by atoms with Crippen LogP contribution >= 0.6 is 0 Å². The second-order valence-electron chi connectivity index (χ2n) is 4.94. The van der Waals surface area contributed by atoms with Crippen molar-refractivity contribution in [1.82, 2.24) is 9.88 Å². The molecule has 0 saturated carbocycles. The topological polar surface area (TPSA) is 91.5 Å². The molecule has 4 N–H and O–H groups in total. The van der Waals surface area contributed by atoms with Crippen LogP contribution in [0.25, 0.3) is 0 Å². The summed E-state index contributed by atoms with van der Waals surface area (Å²) in [7, 11) is 0. The van der Waals surface area contributed by atoms with Gasteiger partial charge in [-0.15, -0.1) is 0 Å². The summed E-state index contributed by atoms with van der Waals surface area (Å²) in [6, 6.07) is 1.77. The number of aromatic nitrogens is 1. The Kier molecular flexibility index (Phi) is 4.34. The Bertz CT molecular complexity index is 450. The molecule has 1 fully saturated rings. The first-order chi connectivity index (χ1) is 9.13. The highest BCUT2D eigenvalue weighted by atomic mass is 16.3. The van der Waals surface area contributed by atoms with Crippen LogP contribution in [0.1, 0.15) is 36.5 Å². The fourth-order valence-corrected chi connectivity index (χ4v) is 2.59. The van der Waals surface area contributed by atoms with E-state index >= 15 is 0 Å². The molecule has 2 rings (SSSR count). The van der Waals surface area contributed by atoms with E-state index in [0.29, 0.717) is 17.7 Å². The number of pyridine rings is 1. The number of nitrogens with one attached hydrogen (secondary N) is 1. The number of likely N-dealkylation sites (tertiary alicyclic amines) is 1. The van der Waals surface area contributed by atoms with Crippen molar-refractivity contribution < 1.29 is 9.90 Å². The number of nitrogens with two attached hydrogens (primary N) is 1. The van der Waals surface area contributed by atoms with E-state index in [4.69, 9.17) is 5.84 Å². The minimum Gasteiger partial charge on any atom is -0.393 e. The predicted molar refractivity (Wildman–Crippen MR) is 72.4 cm³/mol. The Morgan fingerprint density at radius 1 is 1.74 bits per heavy atom. The zero-order valence-corrected chi connectivity index (χ0v) is 11.0. The second-order valence-corrected chi connectivity index (χ2v) is 4.94. The number of aliphatic hydroxyl groups excluding tert-OH is 1. The van der Waals surface area contributed by atoms with Crippen LogP contribution in [-0.4, -0.2) is 39.6 Å². The standard InChI is InChI=1S/C13H20N4O2/c1-9(18)7-10-3-2-6-17(10)13(19)11-4-5-15-8-12(11)16-14/h4-5,8-10,16,18H,2-3,6-7,14H2,1H3. The van der Waals surface area contributed by atoms with Crippen molar-refractivity contribution in [3.63, 3.8) is 0 Å². The van der Waals surface area contributed by atoms with Crippen LogP contribution in [0.4, 0.5) is 5.69 Å². The van der Waals surface area contributed by atoms with E-state index in [1.165, 1.54) is 6.20 Å². The lowest BCUT2D eigenvalue weighted by atomic mass is 10.1. The maximum Gasteiger partial charge on any atom is 0.256 e. The SMILES string of the molecule is CC(O)CC1CCCN1C(=O)c1ccncc1NN. The van der Waals surface area contributed by atoms with Gasteiger partial charge in [0, 0.05) is 18.8 Å². The molecule has 1 amide bonds. The van der Waals surface area contributed by atoms with Crippen LogP contribution in [0.3, 0.4) is 0 Å². The number of hydrogen-bond donors (Lipinski definition) is 3. The monoisotopic (exact) mass is 264 g/mol. The van der Waals surface area contributed by atoms with Crippen LogP contribution in [-0.2, 0) is 0 Å². The molecule has 2 heterocycles. The molecule has 104 valence electrons. The molecule has 0 radical (unpaired) electrons. The Morgan fingerprint density at radius 3 is 3.21 bits per heavy atom. The van der Waals surface area contributed by atoms with Crippen molar-refractivity contribution in [1.29, 1.82) is 0 Å². The fraction of sp³-hybridized carbons (Fsp3) is 0.538. The molecule has 1 aliphatic heterocycles. The van der Waals surface area contributed by atoms with Crippen LogP contribution in [0.2, 0.25) is 0 Å². The van der Waals surface area contributed by atoms with E-state index in [2.05, 4.69) is 10.4 Å². The maximum atomic E-state index is 12.5. The molecule has 1 aromatic rings. The van der Waals surface area contributed by atoms with Gasteiger partial charge in [-0.25, -0.2) is 0 Å². The number of carbonyl (C=O) groups excluding carboxylic acids is 1. The van der Waals surface area contributed by atoms with Crippen molar-refractivity contribution in [3.05, 3.63) is 24.0 Å². The van der Waals surface area contributed by atoms with Gasteiger partial charge in [0.25, 0.3) is 5.91 Å². The second kappa shape index (κ2) is 5.99. The fourth-order valence-electron chi connectivity index (χ4n) is 2.59. The van der Waals surface area contributed by atoms with Crippen LogP contribution in [0.15, 0.2) is 18.5 Å². The summed E-state index contributed by atoms with van der Waals surface area (Å²) >= 11 is 0. The molecule has 2 unspecified atom stereocenters. The number of hydrazine groups is 1. The first-order valence-corrected chi connectivity index (χ1v) is 6.53. The summed E-state index contributed by atoms with van der Waals surface area (Å²) in [5.74, 6) is 5.34. The van der Waals surface area contributed by atoms with Crippen LogP contribution < -0.4 is 11.3 Å². The number of amides is 1. The largest absolute Gasteiger partial charge is 0.393 e. The van der Waals surface area contributed by atoms with E-state index in [1.54, 1.807) is 19.2 Å². The third kappa shape index (κ3) is 3.02. The zero-order valence-electron chi connectivity index (χ0n) is 11.0. The number of hydrogen-bond acceptors (Lipinski definition) is 5. The van der Waals surface area contributed by atoms with Crippen molar-refractivity contribution in [2.24, 2.45) is 5.84 Å². The number of carbonyl (C=O) groups is 1. The molecule has 1 aromatic heterocycles. The zero-order chi connectivity index (χ0) is 13.8. The van der Waals surface area contributed by atoms with Crippen molar-refractivity contribution in [2.75, 3.05) is 12.0 Å². The van der Waals surface area contributed by atoms with Gasteiger partial charge in [-0.2, -0.15) is 0 Å². The average Bonchev–Trinajstić information content (AvgIpc) is 2.85. The maximum absolute atomic E-state index is 12.5. The molecule has 2 atom stereocenters. The Labute approximate surface area is 112 Å². The predicted octanol–water partition coefficient (Wildman–Crippen LogP) is 0.743. The number of anilines is 1. The third-order valence-corrected chi connectivity index (χ3v) is 3.46. The molecule has 1 aliphatic rings. The normalized spacial score (nSPS) is 20.4. The summed E-state index contributed by atoms with van der Waals surface area (Å²) < 4.78 is 0. The summed E-state index contributed by atoms with van der Waals surface area (Å²) in [5.41, 5.74) is 3.54. The molecule has 6 heteroatoms. The smallest absolute Gasteiger partial charge is 0.256 e. The van der Waals surface area contributed by atoms with Gasteiger partial charge in [0.15, 0.2) is 0 Å². The number of aliphatic hydroxyl groups is 1. The molecular weight excluding hydrogens is 244 g/mol. The molecule has 0 bridgehead atoms. The van der Waals surface area contributed by atoms with Crippen LogP contribution in [0.5, 0.6) is 0 Å². The molecule has 6 nitrogen and oxygen atoms in total. The minimum atomic E-state index is -0.400. The molecular formula is C13H20N4O2. The quantitative estimate of drug-likeness (QED) is 0.551. The van der Waals surface area contributed by atoms with Crippen molar-refractivity contribution in [3.8, 4) is 0 Å². The summed E-state index contributed by atoms with van der Waals surface area (Å²) in [4.78, 5) is 18.3. The van der Waals surface area contributed by atoms with E-state index in [0.717, 1.165) is 19.4 Å². The lowest BCUT2D eigenvalue weighted by molar-refractivity contribution is 0.0683. The van der Waals surface area contributed by atoms with Gasteiger partial charge in [-0.05, 0) is 32.3 Å². The molecule has 0 spiro atoms. The highest BCUT2D eigenvalue weighted by Crippen LogP contribution is 2.25. The first kappa shape index (κ1) is 13.8. The number of nitrogens with zero attached hydrogens (tertiary/aromatic N) is 2. The van der Waals surface area contributed by atoms with Crippen molar-refractivity contribution in [2.45, 2.75) is 38.3 Å². The Hall–Kier alpha value is -1.66. The number of nitrogen functional groups attached to an aromatic ring is 1. The summed E-state index contributed by atoms with van der Waals surface area (Å²) in [6.45, 7) is 2.48. The van der Waals surface area contributed by atoms with Gasteiger partial charge in [-0.1, -0.05) is 0 Å². The van der Waals surface area contributed by atoms with Crippen LogP contribution in [0, 0.1) is 0 Å². The van der Waals surface area contributed by atoms with Gasteiger partial charge in [0.1, 0.15) is 0 Å². The Balaban J connectivity index is 2.18. The Morgan fingerprint density at radius 2 is 2.53 bits per heavy atom. The van der Waals surface area contributed by atoms with Gasteiger partial charge in [0.05, 0.1) is 23.6 Å². The first-order valence-electron chi connectivity index (χ1n) is 6.53. The molecule has 19 heavy (non-hydrogen) atoms. The molecule has 0 aromatic carbocycles.